The number of nitrogens with zero attached hydrogens (tertiary/aromatic N) is 3. The molecule has 1 amide bonds. The van der Waals surface area contributed by atoms with Gasteiger partial charge < -0.3 is 15.2 Å². The van der Waals surface area contributed by atoms with Crippen LogP contribution in [0.4, 0.5) is 19.0 Å². The van der Waals surface area contributed by atoms with Crippen molar-refractivity contribution < 1.29 is 18.0 Å². The molecule has 0 aliphatic carbocycles. The van der Waals surface area contributed by atoms with Gasteiger partial charge in [0.1, 0.15) is 11.6 Å². The summed E-state index contributed by atoms with van der Waals surface area (Å²) in [6.07, 6.45) is 2.86. The molecule has 0 saturated carbocycles. The highest BCUT2D eigenvalue weighted by Crippen LogP contribution is 2.30. The molecule has 3 rings (SSSR count). The number of aryl methyl sites for hydroxylation is 1. The average molecular weight is 381 g/mol. The number of H-pyrrole nitrogens is 1. The van der Waals surface area contributed by atoms with Crippen molar-refractivity contribution in [1.82, 2.24) is 20.3 Å². The van der Waals surface area contributed by atoms with Gasteiger partial charge in [-0.25, -0.2) is 9.97 Å². The van der Waals surface area contributed by atoms with E-state index in [1.807, 2.05) is 4.90 Å². The molecule has 0 spiro atoms. The van der Waals surface area contributed by atoms with E-state index in [0.29, 0.717) is 38.3 Å². The summed E-state index contributed by atoms with van der Waals surface area (Å²) in [5.74, 6) is 1.38. The number of hydrogen-bond donors (Lipinski definition) is 2. The van der Waals surface area contributed by atoms with Crippen LogP contribution in [0.25, 0.3) is 0 Å². The van der Waals surface area contributed by atoms with Crippen molar-refractivity contribution in [3.05, 3.63) is 42.1 Å². The summed E-state index contributed by atoms with van der Waals surface area (Å²) in [6, 6.07) is 2.43. The van der Waals surface area contributed by atoms with Gasteiger partial charge in [-0.1, -0.05) is 0 Å². The molecule has 0 radical (unpaired) electrons. The second-order valence-corrected chi connectivity index (χ2v) is 6.59. The predicted molar refractivity (Wildman–Crippen MR) is 94.1 cm³/mol. The van der Waals surface area contributed by atoms with Gasteiger partial charge in [-0.2, -0.15) is 13.2 Å². The van der Waals surface area contributed by atoms with E-state index in [2.05, 4.69) is 20.3 Å². The number of anilines is 1. The lowest BCUT2D eigenvalue weighted by Crippen LogP contribution is -2.41. The molecule has 0 unspecified atom stereocenters. The van der Waals surface area contributed by atoms with Crippen molar-refractivity contribution in [1.29, 1.82) is 0 Å². The van der Waals surface area contributed by atoms with Crippen molar-refractivity contribution in [2.24, 2.45) is 5.92 Å². The van der Waals surface area contributed by atoms with Crippen LogP contribution in [0.1, 0.15) is 30.7 Å². The minimum atomic E-state index is -4.38. The van der Waals surface area contributed by atoms with E-state index in [4.69, 9.17) is 0 Å². The number of aromatic amines is 1. The van der Waals surface area contributed by atoms with Crippen LogP contribution in [0.2, 0.25) is 0 Å². The molecular formula is C18H22F3N5O. The molecule has 0 atom stereocenters. The Bertz CT molecular complexity index is 722. The third-order valence-corrected chi connectivity index (χ3v) is 4.71. The van der Waals surface area contributed by atoms with Crippen LogP contribution in [-0.2, 0) is 17.4 Å². The summed E-state index contributed by atoms with van der Waals surface area (Å²) < 4.78 is 37.8. The van der Waals surface area contributed by atoms with Crippen LogP contribution >= 0.6 is 0 Å². The van der Waals surface area contributed by atoms with Crippen LogP contribution < -0.4 is 10.2 Å². The predicted octanol–water partition coefficient (Wildman–Crippen LogP) is 2.79. The van der Waals surface area contributed by atoms with Gasteiger partial charge in [-0.3, -0.25) is 4.79 Å². The first-order valence-electron chi connectivity index (χ1n) is 8.97. The summed E-state index contributed by atoms with van der Waals surface area (Å²) >= 11 is 0. The topological polar surface area (TPSA) is 73.9 Å². The Morgan fingerprint density at radius 1 is 1.26 bits per heavy atom. The molecule has 0 bridgehead atoms. The fourth-order valence-corrected chi connectivity index (χ4v) is 3.16. The number of imidazole rings is 1. The van der Waals surface area contributed by atoms with E-state index in [9.17, 15) is 18.0 Å². The normalized spacial score (nSPS) is 15.7. The van der Waals surface area contributed by atoms with Gasteiger partial charge in [0.05, 0.1) is 5.56 Å². The maximum absolute atomic E-state index is 12.6. The van der Waals surface area contributed by atoms with Crippen LogP contribution in [0.3, 0.4) is 0 Å². The third-order valence-electron chi connectivity index (χ3n) is 4.71. The van der Waals surface area contributed by atoms with E-state index in [0.717, 1.165) is 30.9 Å². The van der Waals surface area contributed by atoms with Gasteiger partial charge in [0.2, 0.25) is 5.91 Å². The number of aromatic nitrogens is 3. The van der Waals surface area contributed by atoms with E-state index >= 15 is 0 Å². The van der Waals surface area contributed by atoms with Crippen LogP contribution in [-0.4, -0.2) is 40.5 Å². The summed E-state index contributed by atoms with van der Waals surface area (Å²) in [5, 5.41) is 2.95. The van der Waals surface area contributed by atoms with Gasteiger partial charge >= 0.3 is 6.18 Å². The van der Waals surface area contributed by atoms with Crippen molar-refractivity contribution in [3.8, 4) is 0 Å². The summed E-state index contributed by atoms with van der Waals surface area (Å²) in [5.41, 5.74) is -0.755. The number of hydrogen-bond acceptors (Lipinski definition) is 4. The zero-order valence-electron chi connectivity index (χ0n) is 14.8. The van der Waals surface area contributed by atoms with Crippen LogP contribution in [0.15, 0.2) is 30.7 Å². The first-order valence-corrected chi connectivity index (χ1v) is 8.97. The molecule has 1 aliphatic heterocycles. The van der Waals surface area contributed by atoms with Crippen LogP contribution in [0, 0.1) is 5.92 Å². The smallest absolute Gasteiger partial charge is 0.357 e. The SMILES string of the molecule is O=C(NCCCc1ncc[nH]1)C1CCN(c2ccc(C(F)(F)F)cn2)CC1. The van der Waals surface area contributed by atoms with E-state index in [-0.39, 0.29) is 11.8 Å². The number of alkyl halides is 3. The number of rotatable bonds is 6. The highest BCUT2D eigenvalue weighted by atomic mass is 19.4. The maximum Gasteiger partial charge on any atom is 0.417 e. The number of piperidine rings is 1. The standard InChI is InChI=1S/C18H22F3N5O/c19-18(20,21)14-3-4-16(25-12-14)26-10-5-13(6-11-26)17(27)24-7-1-2-15-22-8-9-23-15/h3-4,8-9,12-13H,1-2,5-7,10-11H2,(H,22,23)(H,24,27). The zero-order valence-corrected chi connectivity index (χ0v) is 14.8. The highest BCUT2D eigenvalue weighted by molar-refractivity contribution is 5.78. The van der Waals surface area contributed by atoms with Gasteiger partial charge in [0, 0.05) is 50.6 Å². The number of pyridine rings is 1. The van der Waals surface area contributed by atoms with Gasteiger partial charge in [-0.05, 0) is 31.4 Å². The summed E-state index contributed by atoms with van der Waals surface area (Å²) in [6.45, 7) is 1.80. The van der Waals surface area contributed by atoms with Crippen molar-refractivity contribution >= 4 is 11.7 Å². The maximum atomic E-state index is 12.6. The molecule has 1 aliphatic rings. The lowest BCUT2D eigenvalue weighted by molar-refractivity contribution is -0.137. The Hall–Kier alpha value is -2.58. The van der Waals surface area contributed by atoms with Crippen molar-refractivity contribution in [3.63, 3.8) is 0 Å². The first-order chi connectivity index (χ1) is 12.9. The second-order valence-electron chi connectivity index (χ2n) is 6.59. The highest BCUT2D eigenvalue weighted by Gasteiger charge is 2.31. The average Bonchev–Trinajstić information content (AvgIpc) is 3.18. The molecule has 9 heteroatoms. The molecule has 3 heterocycles. The Kier molecular flexibility index (Phi) is 5.98. The number of nitrogens with one attached hydrogen (secondary N) is 2. The van der Waals surface area contributed by atoms with Gasteiger partial charge in [0.15, 0.2) is 0 Å². The number of amides is 1. The molecule has 146 valence electrons. The molecule has 1 fully saturated rings. The minimum Gasteiger partial charge on any atom is -0.357 e. The Morgan fingerprint density at radius 2 is 2.04 bits per heavy atom. The number of carbonyl (C=O) groups excluding carboxylic acids is 1. The molecule has 2 N–H and O–H groups in total. The third kappa shape index (κ3) is 5.21. The fraction of sp³-hybridized carbons (Fsp3) is 0.500. The molecular weight excluding hydrogens is 359 g/mol. The molecule has 27 heavy (non-hydrogen) atoms. The zero-order chi connectivity index (χ0) is 19.3. The fourth-order valence-electron chi connectivity index (χ4n) is 3.16. The molecule has 1 saturated heterocycles. The van der Waals surface area contributed by atoms with Crippen molar-refractivity contribution in [2.75, 3.05) is 24.5 Å². The minimum absolute atomic E-state index is 0.0365. The molecule has 2 aromatic rings. The van der Waals surface area contributed by atoms with E-state index < -0.39 is 11.7 Å². The summed E-state index contributed by atoms with van der Waals surface area (Å²) in [4.78, 5) is 25.3. The lowest BCUT2D eigenvalue weighted by atomic mass is 9.96. The summed E-state index contributed by atoms with van der Waals surface area (Å²) in [7, 11) is 0. The van der Waals surface area contributed by atoms with Crippen molar-refractivity contribution in [2.45, 2.75) is 31.9 Å². The Morgan fingerprint density at radius 3 is 2.63 bits per heavy atom. The van der Waals surface area contributed by atoms with E-state index in [1.165, 1.54) is 6.07 Å². The number of carbonyl (C=O) groups is 1. The largest absolute Gasteiger partial charge is 0.417 e. The quantitative estimate of drug-likeness (QED) is 0.755. The Balaban J connectivity index is 1.41. The van der Waals surface area contributed by atoms with Gasteiger partial charge in [0.25, 0.3) is 0 Å². The lowest BCUT2D eigenvalue weighted by Gasteiger charge is -2.32. The molecule has 0 aromatic carbocycles. The molecule has 2 aromatic heterocycles. The van der Waals surface area contributed by atoms with E-state index in [1.54, 1.807) is 12.4 Å². The first kappa shape index (κ1) is 19.2. The second kappa shape index (κ2) is 8.41. The molecule has 6 nitrogen and oxygen atoms in total. The number of halogens is 3. The Labute approximate surface area is 155 Å². The van der Waals surface area contributed by atoms with Gasteiger partial charge in [-0.15, -0.1) is 0 Å². The monoisotopic (exact) mass is 381 g/mol. The van der Waals surface area contributed by atoms with Crippen LogP contribution in [0.5, 0.6) is 0 Å².